The zero-order chi connectivity index (χ0) is 11.8. The van der Waals surface area contributed by atoms with E-state index in [0.29, 0.717) is 5.15 Å². The normalized spacial score (nSPS) is 19.3. The molecule has 0 saturated heterocycles. The Bertz CT molecular complexity index is 518. The first-order valence-corrected chi connectivity index (χ1v) is 7.01. The van der Waals surface area contributed by atoms with E-state index in [4.69, 9.17) is 17.3 Å². The van der Waals surface area contributed by atoms with Crippen LogP contribution in [0.4, 0.5) is 0 Å². The van der Waals surface area contributed by atoms with Crippen LogP contribution in [0.15, 0.2) is 17.5 Å². The van der Waals surface area contributed by atoms with Crippen molar-refractivity contribution in [3.8, 4) is 0 Å². The molecule has 3 heterocycles. The average Bonchev–Trinajstić information content (AvgIpc) is 2.89. The summed E-state index contributed by atoms with van der Waals surface area (Å²) in [4.78, 5) is 5.80. The SMILES string of the molecule is NC1CCn2c(Cc3cccs3)nc(Cl)c2C1. The second kappa shape index (κ2) is 4.44. The third kappa shape index (κ3) is 2.12. The van der Waals surface area contributed by atoms with Crippen LogP contribution in [-0.2, 0) is 19.4 Å². The summed E-state index contributed by atoms with van der Waals surface area (Å²) in [6, 6.07) is 4.43. The van der Waals surface area contributed by atoms with Gasteiger partial charge >= 0.3 is 0 Å². The van der Waals surface area contributed by atoms with Gasteiger partial charge in [0.2, 0.25) is 0 Å². The fourth-order valence-electron chi connectivity index (χ4n) is 2.31. The summed E-state index contributed by atoms with van der Waals surface area (Å²) in [5, 5.41) is 2.72. The maximum atomic E-state index is 6.18. The molecule has 0 spiro atoms. The highest BCUT2D eigenvalue weighted by atomic mass is 35.5. The molecule has 2 aromatic rings. The van der Waals surface area contributed by atoms with Crippen molar-refractivity contribution in [2.45, 2.75) is 31.8 Å². The smallest absolute Gasteiger partial charge is 0.150 e. The molecule has 1 aliphatic heterocycles. The van der Waals surface area contributed by atoms with Gasteiger partial charge in [-0.1, -0.05) is 17.7 Å². The van der Waals surface area contributed by atoms with Crippen LogP contribution in [0.3, 0.4) is 0 Å². The Kier molecular flexibility index (Phi) is 2.94. The van der Waals surface area contributed by atoms with Crippen molar-refractivity contribution in [3.05, 3.63) is 39.1 Å². The van der Waals surface area contributed by atoms with Crippen LogP contribution in [-0.4, -0.2) is 15.6 Å². The van der Waals surface area contributed by atoms with Gasteiger partial charge in [-0.15, -0.1) is 11.3 Å². The summed E-state index contributed by atoms with van der Waals surface area (Å²) in [5.41, 5.74) is 7.07. The first-order chi connectivity index (χ1) is 8.24. The molecule has 2 aromatic heterocycles. The molecule has 3 rings (SSSR count). The van der Waals surface area contributed by atoms with Gasteiger partial charge in [-0.2, -0.15) is 0 Å². The summed E-state index contributed by atoms with van der Waals surface area (Å²) in [5.74, 6) is 1.07. The quantitative estimate of drug-likeness (QED) is 0.908. The van der Waals surface area contributed by atoms with Crippen molar-refractivity contribution in [3.63, 3.8) is 0 Å². The molecule has 0 aliphatic carbocycles. The minimum atomic E-state index is 0.228. The summed E-state index contributed by atoms with van der Waals surface area (Å²) >= 11 is 7.94. The molecule has 0 fully saturated rings. The third-order valence-electron chi connectivity index (χ3n) is 3.19. The van der Waals surface area contributed by atoms with E-state index in [1.807, 2.05) is 0 Å². The van der Waals surface area contributed by atoms with Crippen molar-refractivity contribution < 1.29 is 0 Å². The van der Waals surface area contributed by atoms with Gasteiger partial charge < -0.3 is 10.3 Å². The maximum Gasteiger partial charge on any atom is 0.150 e. The molecule has 0 saturated carbocycles. The second-order valence-corrected chi connectivity index (χ2v) is 5.82. The van der Waals surface area contributed by atoms with Crippen LogP contribution in [0.1, 0.15) is 22.8 Å². The van der Waals surface area contributed by atoms with Gasteiger partial charge in [0.1, 0.15) is 5.82 Å². The molecule has 0 amide bonds. The highest BCUT2D eigenvalue weighted by molar-refractivity contribution is 7.09. The minimum Gasteiger partial charge on any atom is -0.330 e. The lowest BCUT2D eigenvalue weighted by molar-refractivity contribution is 0.462. The van der Waals surface area contributed by atoms with Crippen LogP contribution < -0.4 is 5.73 Å². The molecule has 3 nitrogen and oxygen atoms in total. The van der Waals surface area contributed by atoms with E-state index in [0.717, 1.165) is 37.3 Å². The standard InChI is InChI=1S/C12H14ClN3S/c13-12-10-6-8(14)3-4-16(10)11(15-12)7-9-2-1-5-17-9/h1-2,5,8H,3-4,6-7,14H2. The van der Waals surface area contributed by atoms with E-state index in [1.165, 1.54) is 4.88 Å². The molecular weight excluding hydrogens is 254 g/mol. The van der Waals surface area contributed by atoms with Gasteiger partial charge in [0.15, 0.2) is 5.15 Å². The Balaban J connectivity index is 1.93. The average molecular weight is 268 g/mol. The molecule has 0 aromatic carbocycles. The number of nitrogens with zero attached hydrogens (tertiary/aromatic N) is 2. The number of nitrogens with two attached hydrogens (primary N) is 1. The van der Waals surface area contributed by atoms with Crippen LogP contribution in [0.2, 0.25) is 5.15 Å². The zero-order valence-corrected chi connectivity index (χ0v) is 11.0. The number of thiophene rings is 1. The van der Waals surface area contributed by atoms with Gasteiger partial charge in [0, 0.05) is 30.3 Å². The molecule has 1 atom stereocenters. The van der Waals surface area contributed by atoms with Crippen molar-refractivity contribution in [1.82, 2.24) is 9.55 Å². The van der Waals surface area contributed by atoms with E-state index in [9.17, 15) is 0 Å². The molecule has 1 aliphatic rings. The second-order valence-electron chi connectivity index (χ2n) is 4.43. The predicted octanol–water partition coefficient (Wildman–Crippen LogP) is 2.46. The molecule has 1 unspecified atom stereocenters. The Labute approximate surface area is 109 Å². The molecule has 0 bridgehead atoms. The topological polar surface area (TPSA) is 43.8 Å². The molecular formula is C12H14ClN3S. The van der Waals surface area contributed by atoms with Gasteiger partial charge in [-0.05, 0) is 17.9 Å². The number of hydrogen-bond acceptors (Lipinski definition) is 3. The largest absolute Gasteiger partial charge is 0.330 e. The first kappa shape index (κ1) is 11.3. The number of rotatable bonds is 2. The van der Waals surface area contributed by atoms with Gasteiger partial charge in [0.05, 0.1) is 5.69 Å². The first-order valence-electron chi connectivity index (χ1n) is 5.76. The van der Waals surface area contributed by atoms with Crippen molar-refractivity contribution in [2.75, 3.05) is 0 Å². The number of fused-ring (bicyclic) bond motifs is 1. The summed E-state index contributed by atoms with van der Waals surface area (Å²) in [6.45, 7) is 0.941. The van der Waals surface area contributed by atoms with Crippen LogP contribution in [0.5, 0.6) is 0 Å². The Morgan fingerprint density at radius 1 is 1.59 bits per heavy atom. The fourth-order valence-corrected chi connectivity index (χ4v) is 3.29. The Hall–Kier alpha value is -0.840. The van der Waals surface area contributed by atoms with E-state index in [2.05, 4.69) is 27.1 Å². The minimum absolute atomic E-state index is 0.228. The Morgan fingerprint density at radius 3 is 3.24 bits per heavy atom. The zero-order valence-electron chi connectivity index (χ0n) is 9.40. The van der Waals surface area contributed by atoms with Crippen molar-refractivity contribution in [1.29, 1.82) is 0 Å². The van der Waals surface area contributed by atoms with Gasteiger partial charge in [0.25, 0.3) is 0 Å². The molecule has 2 N–H and O–H groups in total. The molecule has 0 radical (unpaired) electrons. The summed E-state index contributed by atoms with van der Waals surface area (Å²) in [6.07, 6.45) is 2.72. The number of hydrogen-bond donors (Lipinski definition) is 1. The summed E-state index contributed by atoms with van der Waals surface area (Å²) < 4.78 is 2.24. The van der Waals surface area contributed by atoms with Crippen molar-refractivity contribution in [2.24, 2.45) is 5.73 Å². The number of aromatic nitrogens is 2. The number of halogens is 1. The van der Waals surface area contributed by atoms with E-state index in [-0.39, 0.29) is 6.04 Å². The predicted molar refractivity (Wildman–Crippen MR) is 70.7 cm³/mol. The van der Waals surface area contributed by atoms with Crippen LogP contribution in [0, 0.1) is 0 Å². The van der Waals surface area contributed by atoms with E-state index >= 15 is 0 Å². The fraction of sp³-hybridized carbons (Fsp3) is 0.417. The van der Waals surface area contributed by atoms with Gasteiger partial charge in [-0.3, -0.25) is 0 Å². The van der Waals surface area contributed by atoms with E-state index in [1.54, 1.807) is 11.3 Å². The Morgan fingerprint density at radius 2 is 2.47 bits per heavy atom. The third-order valence-corrected chi connectivity index (χ3v) is 4.37. The highest BCUT2D eigenvalue weighted by Crippen LogP contribution is 2.26. The lowest BCUT2D eigenvalue weighted by atomic mass is 10.1. The molecule has 90 valence electrons. The van der Waals surface area contributed by atoms with Gasteiger partial charge in [-0.25, -0.2) is 4.98 Å². The van der Waals surface area contributed by atoms with Crippen LogP contribution in [0.25, 0.3) is 0 Å². The number of imidazole rings is 1. The monoisotopic (exact) mass is 267 g/mol. The lowest BCUT2D eigenvalue weighted by Crippen LogP contribution is -2.31. The molecule has 5 heteroatoms. The van der Waals surface area contributed by atoms with Crippen molar-refractivity contribution >= 4 is 22.9 Å². The molecule has 17 heavy (non-hydrogen) atoms. The highest BCUT2D eigenvalue weighted by Gasteiger charge is 2.22. The lowest BCUT2D eigenvalue weighted by Gasteiger charge is -2.21. The van der Waals surface area contributed by atoms with Crippen LogP contribution >= 0.6 is 22.9 Å². The summed E-state index contributed by atoms with van der Waals surface area (Å²) in [7, 11) is 0. The maximum absolute atomic E-state index is 6.18. The van der Waals surface area contributed by atoms with E-state index < -0.39 is 0 Å².